The van der Waals surface area contributed by atoms with Gasteiger partial charge in [-0.05, 0) is 25.1 Å². The number of amides is 1. The van der Waals surface area contributed by atoms with Gasteiger partial charge >= 0.3 is 0 Å². The maximum absolute atomic E-state index is 14.0. The van der Waals surface area contributed by atoms with Crippen molar-refractivity contribution >= 4 is 27.5 Å². The molecule has 124 valence electrons. The van der Waals surface area contributed by atoms with E-state index in [0.717, 1.165) is 41.7 Å². The number of carbonyl (C=O) groups is 1. The lowest BCUT2D eigenvalue weighted by Gasteiger charge is -2.02. The van der Waals surface area contributed by atoms with E-state index in [0.29, 0.717) is 0 Å². The van der Waals surface area contributed by atoms with Crippen molar-refractivity contribution in [3.63, 3.8) is 0 Å². The van der Waals surface area contributed by atoms with Gasteiger partial charge in [-0.3, -0.25) is 4.79 Å². The van der Waals surface area contributed by atoms with E-state index in [9.17, 15) is 22.4 Å². The monoisotopic (exact) mass is 354 g/mol. The van der Waals surface area contributed by atoms with E-state index in [4.69, 9.17) is 0 Å². The predicted molar refractivity (Wildman–Crippen MR) is 81.7 cm³/mol. The van der Waals surface area contributed by atoms with Crippen LogP contribution in [0.15, 0.2) is 35.3 Å². The summed E-state index contributed by atoms with van der Waals surface area (Å²) in [5.74, 6) is -4.76. The highest BCUT2D eigenvalue weighted by Crippen LogP contribution is 2.22. The summed E-state index contributed by atoms with van der Waals surface area (Å²) in [5, 5.41) is 0. The second-order valence-electron chi connectivity index (χ2n) is 4.88. The van der Waals surface area contributed by atoms with E-state index >= 15 is 0 Å². The van der Waals surface area contributed by atoms with Crippen LogP contribution in [0.3, 0.4) is 0 Å². The Morgan fingerprint density at radius 3 is 2.42 bits per heavy atom. The lowest BCUT2D eigenvalue weighted by atomic mass is 10.2. The SMILES string of the molecule is CCn1c(=NC(=O)c2c(F)cccc2F)sc2cc(F)cc(F)c21. The number of aromatic nitrogens is 1. The van der Waals surface area contributed by atoms with Gasteiger partial charge in [0.15, 0.2) is 10.6 Å². The number of hydrogen-bond donors (Lipinski definition) is 0. The minimum Gasteiger partial charge on any atom is -0.314 e. The first-order chi connectivity index (χ1) is 11.4. The lowest BCUT2D eigenvalue weighted by molar-refractivity contribution is 0.0990. The Morgan fingerprint density at radius 2 is 1.79 bits per heavy atom. The molecule has 3 rings (SSSR count). The van der Waals surface area contributed by atoms with E-state index in [1.807, 2.05) is 0 Å². The summed E-state index contributed by atoms with van der Waals surface area (Å²) >= 11 is 0.862. The number of fused-ring (bicyclic) bond motifs is 1. The van der Waals surface area contributed by atoms with Gasteiger partial charge in [0.1, 0.15) is 23.0 Å². The van der Waals surface area contributed by atoms with Gasteiger partial charge in [-0.2, -0.15) is 4.99 Å². The van der Waals surface area contributed by atoms with Crippen LogP contribution in [0.1, 0.15) is 17.3 Å². The second-order valence-corrected chi connectivity index (χ2v) is 5.89. The first-order valence-corrected chi connectivity index (χ1v) is 7.75. The highest BCUT2D eigenvalue weighted by Gasteiger charge is 2.18. The number of rotatable bonds is 2. The fraction of sp³-hybridized carbons (Fsp3) is 0.125. The minimum atomic E-state index is -1.12. The summed E-state index contributed by atoms with van der Waals surface area (Å²) in [5.41, 5.74) is -0.700. The first-order valence-electron chi connectivity index (χ1n) is 6.93. The van der Waals surface area contributed by atoms with Crippen LogP contribution < -0.4 is 4.80 Å². The van der Waals surface area contributed by atoms with E-state index in [2.05, 4.69) is 4.99 Å². The highest BCUT2D eigenvalue weighted by atomic mass is 32.1. The fourth-order valence-corrected chi connectivity index (χ4v) is 3.48. The molecular formula is C16H10F4N2OS. The molecule has 0 saturated heterocycles. The molecule has 0 aliphatic carbocycles. The van der Waals surface area contributed by atoms with Gasteiger partial charge in [-0.25, -0.2) is 17.6 Å². The van der Waals surface area contributed by atoms with Crippen molar-refractivity contribution < 1.29 is 22.4 Å². The average molecular weight is 354 g/mol. The molecule has 0 radical (unpaired) electrons. The van der Waals surface area contributed by atoms with Crippen molar-refractivity contribution in [1.82, 2.24) is 4.57 Å². The van der Waals surface area contributed by atoms with Crippen molar-refractivity contribution in [1.29, 1.82) is 0 Å². The molecule has 0 saturated carbocycles. The van der Waals surface area contributed by atoms with Gasteiger partial charge < -0.3 is 4.57 Å². The summed E-state index contributed by atoms with van der Waals surface area (Å²) in [4.78, 5) is 15.9. The van der Waals surface area contributed by atoms with Gasteiger partial charge in [0.2, 0.25) is 0 Å². The number of nitrogens with zero attached hydrogens (tertiary/aromatic N) is 2. The zero-order valence-electron chi connectivity index (χ0n) is 12.3. The Hall–Kier alpha value is -2.48. The van der Waals surface area contributed by atoms with Crippen LogP contribution in [0.25, 0.3) is 10.2 Å². The summed E-state index contributed by atoms with van der Waals surface area (Å²) < 4.78 is 56.3. The maximum Gasteiger partial charge on any atom is 0.285 e. The summed E-state index contributed by atoms with van der Waals surface area (Å²) in [6.07, 6.45) is 0. The van der Waals surface area contributed by atoms with Crippen LogP contribution in [0, 0.1) is 23.3 Å². The molecule has 3 aromatic rings. The van der Waals surface area contributed by atoms with Crippen molar-refractivity contribution in [2.24, 2.45) is 4.99 Å². The largest absolute Gasteiger partial charge is 0.314 e. The van der Waals surface area contributed by atoms with Crippen LogP contribution in [-0.2, 0) is 6.54 Å². The third-order valence-corrected chi connectivity index (χ3v) is 4.41. The summed E-state index contributed by atoms with van der Waals surface area (Å²) in [6, 6.07) is 4.86. The smallest absolute Gasteiger partial charge is 0.285 e. The van der Waals surface area contributed by atoms with Gasteiger partial charge in [-0.1, -0.05) is 17.4 Å². The zero-order valence-corrected chi connectivity index (χ0v) is 13.1. The Bertz CT molecular complexity index is 1000. The average Bonchev–Trinajstić information content (AvgIpc) is 2.84. The molecule has 0 spiro atoms. The number of benzene rings is 2. The molecule has 0 aliphatic rings. The highest BCUT2D eigenvalue weighted by molar-refractivity contribution is 7.16. The number of aryl methyl sites for hydroxylation is 1. The first kappa shape index (κ1) is 16.4. The number of halogens is 4. The van der Waals surface area contributed by atoms with Gasteiger partial charge in [-0.15, -0.1) is 0 Å². The number of hydrogen-bond acceptors (Lipinski definition) is 2. The van der Waals surface area contributed by atoms with Crippen LogP contribution in [-0.4, -0.2) is 10.5 Å². The summed E-state index contributed by atoms with van der Waals surface area (Å²) in [7, 11) is 0. The molecule has 0 unspecified atom stereocenters. The van der Waals surface area contributed by atoms with Crippen LogP contribution in [0.5, 0.6) is 0 Å². The molecule has 1 amide bonds. The van der Waals surface area contributed by atoms with Crippen molar-refractivity contribution in [2.45, 2.75) is 13.5 Å². The molecule has 2 aromatic carbocycles. The molecule has 24 heavy (non-hydrogen) atoms. The maximum atomic E-state index is 14.0. The molecule has 0 aliphatic heterocycles. The Morgan fingerprint density at radius 1 is 1.12 bits per heavy atom. The Balaban J connectivity index is 2.24. The quantitative estimate of drug-likeness (QED) is 0.640. The summed E-state index contributed by atoms with van der Waals surface area (Å²) in [6.45, 7) is 1.93. The van der Waals surface area contributed by atoms with Crippen molar-refractivity contribution in [2.75, 3.05) is 0 Å². The van der Waals surface area contributed by atoms with Gasteiger partial charge in [0.25, 0.3) is 5.91 Å². The Kier molecular flexibility index (Phi) is 4.23. The molecule has 0 N–H and O–H groups in total. The minimum absolute atomic E-state index is 0.0321. The molecule has 0 bridgehead atoms. The molecule has 0 fully saturated rings. The van der Waals surface area contributed by atoms with Gasteiger partial charge in [0.05, 0.1) is 10.2 Å². The number of thiazole rings is 1. The van der Waals surface area contributed by atoms with Gasteiger partial charge in [0, 0.05) is 12.6 Å². The van der Waals surface area contributed by atoms with E-state index in [1.165, 1.54) is 4.57 Å². The van der Waals surface area contributed by atoms with Crippen LogP contribution >= 0.6 is 11.3 Å². The standard InChI is InChI=1S/C16H10F4N2OS/c1-2-22-14-11(20)6-8(17)7-12(14)24-16(22)21-15(23)13-9(18)4-3-5-10(13)19/h3-7H,2H2,1H3. The number of carbonyl (C=O) groups excluding carboxylic acids is 1. The third-order valence-electron chi connectivity index (χ3n) is 3.39. The topological polar surface area (TPSA) is 34.4 Å². The normalized spacial score (nSPS) is 12.1. The molecule has 3 nitrogen and oxygen atoms in total. The molecule has 1 heterocycles. The molecule has 8 heteroatoms. The fourth-order valence-electron chi connectivity index (χ4n) is 2.35. The van der Waals surface area contributed by atoms with Crippen molar-refractivity contribution in [3.8, 4) is 0 Å². The van der Waals surface area contributed by atoms with Crippen LogP contribution in [0.4, 0.5) is 17.6 Å². The van der Waals surface area contributed by atoms with E-state index in [-0.39, 0.29) is 21.6 Å². The predicted octanol–water partition coefficient (Wildman–Crippen LogP) is 4.02. The van der Waals surface area contributed by atoms with Crippen LogP contribution in [0.2, 0.25) is 0 Å². The molecular weight excluding hydrogens is 344 g/mol. The third kappa shape index (κ3) is 2.73. The van der Waals surface area contributed by atoms with E-state index in [1.54, 1.807) is 6.92 Å². The second kappa shape index (κ2) is 6.20. The van der Waals surface area contributed by atoms with Crippen molar-refractivity contribution in [3.05, 3.63) is 64.0 Å². The van der Waals surface area contributed by atoms with E-state index < -0.39 is 34.7 Å². The zero-order chi connectivity index (χ0) is 17.4. The molecule has 0 atom stereocenters. The molecule has 1 aromatic heterocycles. The lowest BCUT2D eigenvalue weighted by Crippen LogP contribution is -2.17. The Labute approximate surface area is 137 Å².